The summed E-state index contributed by atoms with van der Waals surface area (Å²) in [5.74, 6) is 1.13. The maximum Gasteiger partial charge on any atom is 0.0535 e. The Morgan fingerprint density at radius 1 is 1.31 bits per heavy atom. The zero-order valence-corrected chi connectivity index (χ0v) is 10.3. The van der Waals surface area contributed by atoms with Gasteiger partial charge in [-0.05, 0) is 30.7 Å². The highest BCUT2D eigenvalue weighted by Crippen LogP contribution is 2.33. The molecule has 2 N–H and O–H groups in total. The largest absolute Gasteiger partial charge is 0.381 e. The van der Waals surface area contributed by atoms with Gasteiger partial charge in [-0.25, -0.2) is 0 Å². The summed E-state index contributed by atoms with van der Waals surface area (Å²) in [7, 11) is 0. The molecule has 0 spiro atoms. The van der Waals surface area contributed by atoms with E-state index < -0.39 is 0 Å². The minimum Gasteiger partial charge on any atom is -0.381 e. The molecule has 2 nitrogen and oxygen atoms in total. The van der Waals surface area contributed by atoms with Crippen LogP contribution in [-0.4, -0.2) is 25.5 Å². The van der Waals surface area contributed by atoms with E-state index in [-0.39, 0.29) is 5.41 Å². The number of rotatable bonds is 5. The quantitative estimate of drug-likeness (QED) is 0.799. The van der Waals surface area contributed by atoms with Crippen LogP contribution in [0.4, 0.5) is 0 Å². The van der Waals surface area contributed by atoms with E-state index in [0.717, 1.165) is 38.4 Å². The zero-order valence-electron chi connectivity index (χ0n) is 9.52. The van der Waals surface area contributed by atoms with Crippen LogP contribution in [0.15, 0.2) is 35.2 Å². The van der Waals surface area contributed by atoms with E-state index in [2.05, 4.69) is 30.3 Å². The average molecular weight is 237 g/mol. The van der Waals surface area contributed by atoms with Gasteiger partial charge >= 0.3 is 0 Å². The van der Waals surface area contributed by atoms with Crippen molar-refractivity contribution >= 4 is 11.8 Å². The third kappa shape index (κ3) is 3.00. The van der Waals surface area contributed by atoms with Gasteiger partial charge in [0, 0.05) is 23.5 Å². The Labute approximate surface area is 102 Å². The van der Waals surface area contributed by atoms with Crippen LogP contribution in [0.3, 0.4) is 0 Å². The molecule has 16 heavy (non-hydrogen) atoms. The molecule has 0 aromatic heterocycles. The number of nitrogens with two attached hydrogens (primary N) is 1. The fourth-order valence-electron chi connectivity index (χ4n) is 2.01. The summed E-state index contributed by atoms with van der Waals surface area (Å²) in [4.78, 5) is 1.34. The van der Waals surface area contributed by atoms with Gasteiger partial charge in [-0.1, -0.05) is 18.2 Å². The van der Waals surface area contributed by atoms with Crippen molar-refractivity contribution in [3.05, 3.63) is 30.3 Å². The summed E-state index contributed by atoms with van der Waals surface area (Å²) in [6.45, 7) is 2.48. The molecule has 1 unspecified atom stereocenters. The van der Waals surface area contributed by atoms with E-state index in [0.29, 0.717) is 0 Å². The maximum atomic E-state index is 5.86. The summed E-state index contributed by atoms with van der Waals surface area (Å²) >= 11 is 1.91. The summed E-state index contributed by atoms with van der Waals surface area (Å²) in [6, 6.07) is 10.5. The highest BCUT2D eigenvalue weighted by molar-refractivity contribution is 7.99. The first-order chi connectivity index (χ1) is 7.85. The number of hydrogen-bond acceptors (Lipinski definition) is 3. The molecular weight excluding hydrogens is 218 g/mol. The van der Waals surface area contributed by atoms with Gasteiger partial charge in [0.15, 0.2) is 0 Å². The Kier molecular flexibility index (Phi) is 4.27. The molecule has 1 aliphatic heterocycles. The first kappa shape index (κ1) is 12.0. The van der Waals surface area contributed by atoms with Gasteiger partial charge in [0.1, 0.15) is 0 Å². The van der Waals surface area contributed by atoms with Crippen LogP contribution in [0.25, 0.3) is 0 Å². The van der Waals surface area contributed by atoms with Gasteiger partial charge in [0.05, 0.1) is 6.61 Å². The fourth-order valence-corrected chi connectivity index (χ4v) is 3.13. The van der Waals surface area contributed by atoms with Crippen LogP contribution >= 0.6 is 11.8 Å². The van der Waals surface area contributed by atoms with Crippen molar-refractivity contribution in [2.75, 3.05) is 25.5 Å². The van der Waals surface area contributed by atoms with Crippen molar-refractivity contribution in [1.29, 1.82) is 0 Å². The zero-order chi connectivity index (χ0) is 11.3. The molecule has 1 aromatic rings. The van der Waals surface area contributed by atoms with Crippen molar-refractivity contribution in [3.63, 3.8) is 0 Å². The van der Waals surface area contributed by atoms with Crippen molar-refractivity contribution in [2.24, 2.45) is 11.1 Å². The molecule has 1 atom stereocenters. The van der Waals surface area contributed by atoms with Crippen molar-refractivity contribution in [2.45, 2.75) is 17.7 Å². The van der Waals surface area contributed by atoms with Crippen molar-refractivity contribution in [1.82, 2.24) is 0 Å². The topological polar surface area (TPSA) is 35.2 Å². The normalized spacial score (nSPS) is 24.8. The molecule has 1 saturated heterocycles. The molecule has 0 saturated carbocycles. The molecule has 3 heteroatoms. The van der Waals surface area contributed by atoms with Crippen LogP contribution in [-0.2, 0) is 4.74 Å². The van der Waals surface area contributed by atoms with E-state index >= 15 is 0 Å². The number of hydrogen-bond donors (Lipinski definition) is 1. The van der Waals surface area contributed by atoms with E-state index in [4.69, 9.17) is 10.5 Å². The van der Waals surface area contributed by atoms with E-state index in [1.165, 1.54) is 4.90 Å². The monoisotopic (exact) mass is 237 g/mol. The van der Waals surface area contributed by atoms with E-state index in [1.807, 2.05) is 11.8 Å². The maximum absolute atomic E-state index is 5.86. The standard InChI is InChI=1S/C13H19NOS/c14-10-13(6-8-15-11-13)7-9-16-12-4-2-1-3-5-12/h1-5H,6-11,14H2. The second-order valence-electron chi connectivity index (χ2n) is 4.42. The first-order valence-electron chi connectivity index (χ1n) is 5.80. The molecular formula is C13H19NOS. The smallest absolute Gasteiger partial charge is 0.0535 e. The molecule has 88 valence electrons. The summed E-state index contributed by atoms with van der Waals surface area (Å²) < 4.78 is 5.46. The Balaban J connectivity index is 1.79. The Bertz CT molecular complexity index is 309. The second kappa shape index (κ2) is 5.71. The Morgan fingerprint density at radius 2 is 2.12 bits per heavy atom. The van der Waals surface area contributed by atoms with Crippen LogP contribution in [0.5, 0.6) is 0 Å². The molecule has 1 aromatic carbocycles. The van der Waals surface area contributed by atoms with Gasteiger partial charge in [-0.15, -0.1) is 11.8 Å². The van der Waals surface area contributed by atoms with Gasteiger partial charge < -0.3 is 10.5 Å². The van der Waals surface area contributed by atoms with Crippen molar-refractivity contribution < 1.29 is 4.74 Å². The van der Waals surface area contributed by atoms with Gasteiger partial charge in [-0.3, -0.25) is 0 Å². The molecule has 1 fully saturated rings. The SMILES string of the molecule is NCC1(CCSc2ccccc2)CCOC1. The first-order valence-corrected chi connectivity index (χ1v) is 6.79. The lowest BCUT2D eigenvalue weighted by Crippen LogP contribution is -2.31. The number of ether oxygens (including phenoxy) is 1. The average Bonchev–Trinajstić information content (AvgIpc) is 2.80. The lowest BCUT2D eigenvalue weighted by Gasteiger charge is -2.24. The summed E-state index contributed by atoms with van der Waals surface area (Å²) in [6.07, 6.45) is 2.28. The minimum absolute atomic E-state index is 0.252. The van der Waals surface area contributed by atoms with Crippen LogP contribution in [0, 0.1) is 5.41 Å². The highest BCUT2D eigenvalue weighted by atomic mass is 32.2. The van der Waals surface area contributed by atoms with Crippen LogP contribution in [0.2, 0.25) is 0 Å². The third-order valence-electron chi connectivity index (χ3n) is 3.26. The van der Waals surface area contributed by atoms with Crippen LogP contribution in [0.1, 0.15) is 12.8 Å². The van der Waals surface area contributed by atoms with Crippen molar-refractivity contribution in [3.8, 4) is 0 Å². The molecule has 1 aliphatic rings. The number of thioether (sulfide) groups is 1. The van der Waals surface area contributed by atoms with E-state index in [1.54, 1.807) is 0 Å². The molecule has 0 aliphatic carbocycles. The van der Waals surface area contributed by atoms with Crippen LogP contribution < -0.4 is 5.73 Å². The lowest BCUT2D eigenvalue weighted by molar-refractivity contribution is 0.153. The van der Waals surface area contributed by atoms with E-state index in [9.17, 15) is 0 Å². The predicted molar refractivity (Wildman–Crippen MR) is 68.7 cm³/mol. The van der Waals surface area contributed by atoms with Gasteiger partial charge in [0.25, 0.3) is 0 Å². The lowest BCUT2D eigenvalue weighted by atomic mass is 9.85. The van der Waals surface area contributed by atoms with Gasteiger partial charge in [0.2, 0.25) is 0 Å². The molecule has 2 rings (SSSR count). The minimum atomic E-state index is 0.252. The molecule has 1 heterocycles. The Hall–Kier alpha value is -0.510. The highest BCUT2D eigenvalue weighted by Gasteiger charge is 2.32. The third-order valence-corrected chi connectivity index (χ3v) is 4.28. The summed E-state index contributed by atoms with van der Waals surface area (Å²) in [5, 5.41) is 0. The fraction of sp³-hybridized carbons (Fsp3) is 0.538. The predicted octanol–water partition coefficient (Wildman–Crippen LogP) is 2.53. The summed E-state index contributed by atoms with van der Waals surface area (Å²) in [5.41, 5.74) is 6.11. The Morgan fingerprint density at radius 3 is 2.75 bits per heavy atom. The second-order valence-corrected chi connectivity index (χ2v) is 5.59. The molecule has 0 amide bonds. The molecule has 0 bridgehead atoms. The molecule has 0 radical (unpaired) electrons. The van der Waals surface area contributed by atoms with Gasteiger partial charge in [-0.2, -0.15) is 0 Å². The number of benzene rings is 1.